The molecule has 0 saturated carbocycles. The number of hydrogen-bond donors (Lipinski definition) is 0. The summed E-state index contributed by atoms with van der Waals surface area (Å²) in [6.45, 7) is 0. The predicted octanol–water partition coefficient (Wildman–Crippen LogP) is 2.79. The van der Waals surface area contributed by atoms with Crippen LogP contribution in [-0.4, -0.2) is 0 Å². The Labute approximate surface area is 66.2 Å². The Morgan fingerprint density at radius 2 is 1.82 bits per heavy atom. The minimum absolute atomic E-state index is 1.24. The van der Waals surface area contributed by atoms with Crippen molar-refractivity contribution in [3.8, 4) is 0 Å². The lowest BCUT2D eigenvalue weighted by Crippen LogP contribution is -1.75. The average Bonchev–Trinajstić information content (AvgIpc) is 2.58. The molecule has 0 nitrogen and oxygen atoms in total. The summed E-state index contributed by atoms with van der Waals surface area (Å²) in [7, 11) is 0. The number of rotatable bonds is 1. The first-order valence-corrected chi connectivity index (χ1v) is 3.65. The molecule has 11 heavy (non-hydrogen) atoms. The second kappa shape index (κ2) is 2.61. The molecule has 1 aliphatic carbocycles. The van der Waals surface area contributed by atoms with Gasteiger partial charge in [-0.2, -0.15) is 0 Å². The summed E-state index contributed by atoms with van der Waals surface area (Å²) in [6.07, 6.45) is 5.99. The summed E-state index contributed by atoms with van der Waals surface area (Å²) in [5.74, 6) is 0. The van der Waals surface area contributed by atoms with E-state index < -0.39 is 0 Å². The van der Waals surface area contributed by atoms with Crippen LogP contribution in [0.4, 0.5) is 0 Å². The van der Waals surface area contributed by atoms with E-state index in [4.69, 9.17) is 0 Å². The van der Waals surface area contributed by atoms with E-state index in [0.717, 1.165) is 0 Å². The number of allylic oxidation sites excluding steroid dienone is 3. The third-order valence-corrected chi connectivity index (χ3v) is 1.71. The molecule has 52 valence electrons. The lowest BCUT2D eigenvalue weighted by atomic mass is 10.1. The van der Waals surface area contributed by atoms with Crippen molar-refractivity contribution < 1.29 is 0 Å². The highest BCUT2D eigenvalue weighted by Gasteiger charge is 1.96. The monoisotopic (exact) mass is 140 g/mol. The maximum Gasteiger partial charge on any atom is -0.0101 e. The minimum Gasteiger partial charge on any atom is -0.120 e. The van der Waals surface area contributed by atoms with Crippen molar-refractivity contribution in [2.45, 2.75) is 0 Å². The van der Waals surface area contributed by atoms with Crippen LogP contribution in [-0.2, 0) is 0 Å². The van der Waals surface area contributed by atoms with E-state index in [9.17, 15) is 0 Å². The van der Waals surface area contributed by atoms with Crippen molar-refractivity contribution in [3.63, 3.8) is 0 Å². The minimum atomic E-state index is 1.24. The molecular formula is C11H8. The van der Waals surface area contributed by atoms with Crippen molar-refractivity contribution in [2.75, 3.05) is 0 Å². The standard InChI is InChI=1S/C11H8/c1-2-6-10(7-3-1)11-8-4-5-9-11/h1-4,6-9H. The van der Waals surface area contributed by atoms with Gasteiger partial charge in [-0.25, -0.2) is 0 Å². The molecular weight excluding hydrogens is 132 g/mol. The summed E-state index contributed by atoms with van der Waals surface area (Å²) in [5, 5.41) is 0. The largest absolute Gasteiger partial charge is 0.120 e. The zero-order chi connectivity index (χ0) is 7.52. The Balaban J connectivity index is 2.39. The molecule has 0 radical (unpaired) electrons. The number of hydrogen-bond acceptors (Lipinski definition) is 0. The van der Waals surface area contributed by atoms with E-state index >= 15 is 0 Å². The second-order valence-corrected chi connectivity index (χ2v) is 2.47. The molecule has 0 atom stereocenters. The molecule has 0 spiro atoms. The smallest absolute Gasteiger partial charge is 0.0101 e. The van der Waals surface area contributed by atoms with Crippen LogP contribution in [0.25, 0.3) is 5.57 Å². The van der Waals surface area contributed by atoms with Gasteiger partial charge in [-0.15, -0.1) is 5.73 Å². The molecule has 2 rings (SSSR count). The van der Waals surface area contributed by atoms with Crippen LogP contribution in [0.15, 0.2) is 54.3 Å². The van der Waals surface area contributed by atoms with Crippen LogP contribution < -0.4 is 0 Å². The molecule has 1 aromatic rings. The van der Waals surface area contributed by atoms with Gasteiger partial charge in [0.1, 0.15) is 0 Å². The van der Waals surface area contributed by atoms with E-state index in [1.165, 1.54) is 11.1 Å². The first kappa shape index (κ1) is 6.21. The molecule has 1 aliphatic rings. The fourth-order valence-corrected chi connectivity index (χ4v) is 1.13. The van der Waals surface area contributed by atoms with Crippen LogP contribution in [0.5, 0.6) is 0 Å². The topological polar surface area (TPSA) is 0 Å². The van der Waals surface area contributed by atoms with E-state index in [2.05, 4.69) is 23.9 Å². The fourth-order valence-electron chi connectivity index (χ4n) is 1.13. The van der Waals surface area contributed by atoms with Crippen LogP contribution in [0.3, 0.4) is 0 Å². The number of benzene rings is 1. The summed E-state index contributed by atoms with van der Waals surface area (Å²) >= 11 is 0. The SMILES string of the molecule is C1=CC=C(c2ccccc2)C=1. The Morgan fingerprint density at radius 1 is 1.00 bits per heavy atom. The summed E-state index contributed by atoms with van der Waals surface area (Å²) < 4.78 is 0. The Morgan fingerprint density at radius 3 is 2.45 bits per heavy atom. The van der Waals surface area contributed by atoms with E-state index in [1.54, 1.807) is 0 Å². The first-order valence-electron chi connectivity index (χ1n) is 3.65. The van der Waals surface area contributed by atoms with E-state index in [-0.39, 0.29) is 0 Å². The van der Waals surface area contributed by atoms with Crippen LogP contribution in [0.2, 0.25) is 0 Å². The Bertz CT molecular complexity index is 336. The van der Waals surface area contributed by atoms with Crippen molar-refractivity contribution in [3.05, 3.63) is 59.9 Å². The van der Waals surface area contributed by atoms with Crippen molar-refractivity contribution >= 4 is 5.57 Å². The Hall–Kier alpha value is -1.52. The fraction of sp³-hybridized carbons (Fsp3) is 0. The molecule has 1 aromatic carbocycles. The molecule has 0 amide bonds. The second-order valence-electron chi connectivity index (χ2n) is 2.47. The van der Waals surface area contributed by atoms with Crippen LogP contribution >= 0.6 is 0 Å². The molecule has 0 heteroatoms. The first-order chi connectivity index (χ1) is 5.47. The van der Waals surface area contributed by atoms with Gasteiger partial charge >= 0.3 is 0 Å². The van der Waals surface area contributed by atoms with Gasteiger partial charge in [-0.05, 0) is 29.4 Å². The molecule has 0 aromatic heterocycles. The van der Waals surface area contributed by atoms with E-state index in [1.807, 2.05) is 30.4 Å². The molecule has 0 bridgehead atoms. The zero-order valence-electron chi connectivity index (χ0n) is 6.12. The third kappa shape index (κ3) is 1.17. The molecule has 0 unspecified atom stereocenters. The van der Waals surface area contributed by atoms with Crippen LogP contribution in [0.1, 0.15) is 5.56 Å². The molecule has 0 fully saturated rings. The quantitative estimate of drug-likeness (QED) is 0.526. The van der Waals surface area contributed by atoms with Gasteiger partial charge in [0.05, 0.1) is 0 Å². The highest BCUT2D eigenvalue weighted by molar-refractivity contribution is 5.76. The highest BCUT2D eigenvalue weighted by atomic mass is 14.0. The third-order valence-electron chi connectivity index (χ3n) is 1.71. The van der Waals surface area contributed by atoms with Crippen LogP contribution in [0, 0.1) is 0 Å². The van der Waals surface area contributed by atoms with Crippen molar-refractivity contribution in [2.24, 2.45) is 0 Å². The van der Waals surface area contributed by atoms with Gasteiger partial charge < -0.3 is 0 Å². The van der Waals surface area contributed by atoms with Gasteiger partial charge in [-0.3, -0.25) is 0 Å². The summed E-state index contributed by atoms with van der Waals surface area (Å²) in [4.78, 5) is 0. The Kier molecular flexibility index (Phi) is 1.47. The summed E-state index contributed by atoms with van der Waals surface area (Å²) in [5.41, 5.74) is 5.53. The lowest BCUT2D eigenvalue weighted by molar-refractivity contribution is 1.63. The zero-order valence-corrected chi connectivity index (χ0v) is 6.12. The molecule has 0 aliphatic heterocycles. The maximum atomic E-state index is 3.03. The van der Waals surface area contributed by atoms with Gasteiger partial charge in [0.15, 0.2) is 0 Å². The molecule has 0 heterocycles. The van der Waals surface area contributed by atoms with Crippen molar-refractivity contribution in [1.29, 1.82) is 0 Å². The van der Waals surface area contributed by atoms with E-state index in [0.29, 0.717) is 0 Å². The molecule has 0 N–H and O–H groups in total. The van der Waals surface area contributed by atoms with Gasteiger partial charge in [0, 0.05) is 0 Å². The predicted molar refractivity (Wildman–Crippen MR) is 47.1 cm³/mol. The average molecular weight is 140 g/mol. The van der Waals surface area contributed by atoms with Gasteiger partial charge in [-0.1, -0.05) is 30.3 Å². The highest BCUT2D eigenvalue weighted by Crippen LogP contribution is 2.17. The molecule has 0 saturated heterocycles. The summed E-state index contributed by atoms with van der Waals surface area (Å²) in [6, 6.07) is 10.3. The maximum absolute atomic E-state index is 3.03. The normalized spacial score (nSPS) is 13.6. The van der Waals surface area contributed by atoms with Gasteiger partial charge in [0.25, 0.3) is 0 Å². The lowest BCUT2D eigenvalue weighted by Gasteiger charge is -1.96. The van der Waals surface area contributed by atoms with Crippen molar-refractivity contribution in [1.82, 2.24) is 0 Å². The van der Waals surface area contributed by atoms with Gasteiger partial charge in [0.2, 0.25) is 0 Å².